The van der Waals surface area contributed by atoms with Crippen molar-refractivity contribution in [1.29, 1.82) is 0 Å². The number of allylic oxidation sites excluding steroid dienone is 4. The Balaban J connectivity index is 1.10. The lowest BCUT2D eigenvalue weighted by atomic mass is 9.91. The zero-order chi connectivity index (χ0) is 45.4. The molecule has 1 atom stereocenters. The van der Waals surface area contributed by atoms with Gasteiger partial charge in [0.15, 0.2) is 11.6 Å². The maximum atomic E-state index is 5.34. The van der Waals surface area contributed by atoms with Gasteiger partial charge in [-0.1, -0.05) is 164 Å². The molecule has 1 aliphatic carbocycles. The molecule has 0 spiro atoms. The first-order valence-electron chi connectivity index (χ1n) is 23.6. The van der Waals surface area contributed by atoms with Gasteiger partial charge in [-0.15, -0.1) is 11.3 Å². The Labute approximate surface area is 402 Å². The van der Waals surface area contributed by atoms with Crippen molar-refractivity contribution in [2.45, 2.75) is 12.3 Å². The topological polar surface area (TPSA) is 48.5 Å². The second-order valence-electron chi connectivity index (χ2n) is 17.8. The second-order valence-corrected chi connectivity index (χ2v) is 18.9. The Morgan fingerprint density at radius 1 is 0.406 bits per heavy atom. The van der Waals surface area contributed by atoms with E-state index >= 15 is 0 Å². The van der Waals surface area contributed by atoms with Gasteiger partial charge in [0.25, 0.3) is 0 Å². The monoisotopic (exact) mass is 899 g/mol. The fourth-order valence-corrected chi connectivity index (χ4v) is 12.0. The van der Waals surface area contributed by atoms with Gasteiger partial charge in [-0.2, -0.15) is 0 Å². The first-order chi connectivity index (χ1) is 34.2. The molecular formula is C63H41N5S. The summed E-state index contributed by atoms with van der Waals surface area (Å²) in [4.78, 5) is 15.8. The summed E-state index contributed by atoms with van der Waals surface area (Å²) in [5.41, 5.74) is 13.3. The van der Waals surface area contributed by atoms with Gasteiger partial charge < -0.3 is 9.13 Å². The molecule has 0 fully saturated rings. The van der Waals surface area contributed by atoms with Gasteiger partial charge in [-0.25, -0.2) is 15.0 Å². The molecule has 0 radical (unpaired) electrons. The van der Waals surface area contributed by atoms with Gasteiger partial charge in [0.1, 0.15) is 5.82 Å². The van der Waals surface area contributed by atoms with E-state index in [1.165, 1.54) is 69.4 Å². The van der Waals surface area contributed by atoms with Crippen molar-refractivity contribution in [2.75, 3.05) is 0 Å². The van der Waals surface area contributed by atoms with Crippen LogP contribution in [-0.4, -0.2) is 24.1 Å². The minimum Gasteiger partial charge on any atom is -0.309 e. The molecule has 0 aliphatic heterocycles. The summed E-state index contributed by atoms with van der Waals surface area (Å²) < 4.78 is 7.44. The minimum absolute atomic E-state index is 0.0381. The lowest BCUT2D eigenvalue weighted by molar-refractivity contribution is 0.764. The number of thiophene rings is 1. The second kappa shape index (κ2) is 16.0. The third-order valence-corrected chi connectivity index (χ3v) is 15.0. The third-order valence-electron chi connectivity index (χ3n) is 13.9. The number of para-hydroxylation sites is 4. The molecule has 4 aromatic heterocycles. The van der Waals surface area contributed by atoms with E-state index in [2.05, 4.69) is 221 Å². The first-order valence-corrected chi connectivity index (χ1v) is 24.4. The molecule has 324 valence electrons. The van der Waals surface area contributed by atoms with Gasteiger partial charge >= 0.3 is 0 Å². The van der Waals surface area contributed by atoms with Crippen LogP contribution < -0.4 is 0 Å². The van der Waals surface area contributed by atoms with Crippen molar-refractivity contribution in [3.05, 3.63) is 236 Å². The van der Waals surface area contributed by atoms with Gasteiger partial charge in [0, 0.05) is 64.4 Å². The highest BCUT2D eigenvalue weighted by Crippen LogP contribution is 2.48. The molecule has 69 heavy (non-hydrogen) atoms. The van der Waals surface area contributed by atoms with Crippen molar-refractivity contribution < 1.29 is 0 Å². The maximum Gasteiger partial charge on any atom is 0.165 e. The summed E-state index contributed by atoms with van der Waals surface area (Å²) in [7, 11) is 0. The zero-order valence-electron chi connectivity index (χ0n) is 37.4. The predicted molar refractivity (Wildman–Crippen MR) is 289 cm³/mol. The molecule has 6 heteroatoms. The van der Waals surface area contributed by atoms with Crippen molar-refractivity contribution >= 4 is 75.1 Å². The van der Waals surface area contributed by atoms with Crippen LogP contribution in [0.2, 0.25) is 0 Å². The van der Waals surface area contributed by atoms with E-state index in [0.29, 0.717) is 11.6 Å². The number of hydrogen-bond donors (Lipinski definition) is 0. The van der Waals surface area contributed by atoms with E-state index in [4.69, 9.17) is 15.0 Å². The Bertz CT molecular complexity index is 4230. The van der Waals surface area contributed by atoms with Gasteiger partial charge in [-0.05, 0) is 95.4 Å². The number of fused-ring (bicyclic) bond motifs is 9. The molecule has 9 aromatic carbocycles. The lowest BCUT2D eigenvalue weighted by Gasteiger charge is -2.17. The molecule has 1 unspecified atom stereocenters. The van der Waals surface area contributed by atoms with Crippen molar-refractivity contribution in [2.24, 2.45) is 0 Å². The van der Waals surface area contributed by atoms with E-state index < -0.39 is 0 Å². The first kappa shape index (κ1) is 39.5. The van der Waals surface area contributed by atoms with E-state index in [9.17, 15) is 0 Å². The van der Waals surface area contributed by atoms with Crippen LogP contribution in [-0.2, 0) is 0 Å². The van der Waals surface area contributed by atoms with Crippen LogP contribution in [0.25, 0.3) is 120 Å². The SMILES string of the molecule is C1=CCC(c2nc(-c3ccccc3)nc(-c3ccccc3-n3c4ccccc4c4c(-c5cccc6c5c5ccccc5n6-c5ccccc5)cc(-c5cccc6sc7ccccc7c56)cc43)n2)C=C1. The standard InChI is InChI=1S/C63H41N5S/c1-4-20-40(21-5-1)61-64-62(41-22-6-2-7-23-41)66-63(65-61)48-28-12-16-34-53(48)68-52-33-15-11-27-47(52)59-50(38-42(39-55(59)68)44-30-19-37-57-60(44)49-29-13-17-36-56(49)69-57)45-31-18-35-54-58(45)46-26-10-14-32-51(46)67(54)43-24-8-3-9-25-43/h1-22,24-39,41H,23H2. The molecule has 0 saturated carbocycles. The smallest absolute Gasteiger partial charge is 0.165 e. The maximum absolute atomic E-state index is 5.34. The van der Waals surface area contributed by atoms with Crippen molar-refractivity contribution in [3.8, 4) is 56.4 Å². The average Bonchev–Trinajstić information content (AvgIpc) is 4.09. The summed E-state index contributed by atoms with van der Waals surface area (Å²) in [5.74, 6) is 2.11. The van der Waals surface area contributed by atoms with Crippen molar-refractivity contribution in [1.82, 2.24) is 24.1 Å². The normalized spacial score (nSPS) is 13.8. The number of benzene rings is 9. The van der Waals surface area contributed by atoms with Gasteiger partial charge in [0.05, 0.1) is 27.8 Å². The molecule has 14 rings (SSSR count). The highest BCUT2D eigenvalue weighted by atomic mass is 32.1. The Morgan fingerprint density at radius 2 is 1.03 bits per heavy atom. The number of hydrogen-bond acceptors (Lipinski definition) is 4. The summed E-state index contributed by atoms with van der Waals surface area (Å²) >= 11 is 1.86. The Morgan fingerprint density at radius 3 is 1.84 bits per heavy atom. The van der Waals surface area contributed by atoms with Crippen LogP contribution in [0.3, 0.4) is 0 Å². The van der Waals surface area contributed by atoms with E-state index in [0.717, 1.165) is 51.3 Å². The van der Waals surface area contributed by atoms with E-state index in [1.54, 1.807) is 0 Å². The molecular weight excluding hydrogens is 859 g/mol. The predicted octanol–water partition coefficient (Wildman–Crippen LogP) is 16.7. The number of rotatable bonds is 7. The van der Waals surface area contributed by atoms with Crippen LogP contribution >= 0.6 is 11.3 Å². The molecule has 0 N–H and O–H groups in total. The molecule has 0 saturated heterocycles. The van der Waals surface area contributed by atoms with Crippen LogP contribution in [0.15, 0.2) is 231 Å². The van der Waals surface area contributed by atoms with Crippen LogP contribution in [0.1, 0.15) is 18.2 Å². The zero-order valence-corrected chi connectivity index (χ0v) is 38.2. The summed E-state index contributed by atoms with van der Waals surface area (Å²) in [6.45, 7) is 0. The molecule has 4 heterocycles. The lowest BCUT2D eigenvalue weighted by Crippen LogP contribution is -2.09. The molecule has 5 nitrogen and oxygen atoms in total. The Kier molecular flexibility index (Phi) is 9.14. The molecule has 0 bridgehead atoms. The quantitative estimate of drug-likeness (QED) is 0.160. The van der Waals surface area contributed by atoms with Gasteiger partial charge in [0.2, 0.25) is 0 Å². The molecule has 13 aromatic rings. The average molecular weight is 900 g/mol. The fourth-order valence-electron chi connectivity index (χ4n) is 10.9. The van der Waals surface area contributed by atoms with Gasteiger partial charge in [-0.3, -0.25) is 0 Å². The summed E-state index contributed by atoms with van der Waals surface area (Å²) in [6.07, 6.45) is 9.42. The van der Waals surface area contributed by atoms with Crippen LogP contribution in [0.5, 0.6) is 0 Å². The third kappa shape index (κ3) is 6.33. The van der Waals surface area contributed by atoms with Crippen LogP contribution in [0.4, 0.5) is 0 Å². The minimum atomic E-state index is 0.0381. The molecule has 0 amide bonds. The summed E-state index contributed by atoms with van der Waals surface area (Å²) in [6, 6.07) is 74.7. The highest BCUT2D eigenvalue weighted by molar-refractivity contribution is 7.25. The number of nitrogens with zero attached hydrogens (tertiary/aromatic N) is 5. The highest BCUT2D eigenvalue weighted by Gasteiger charge is 2.25. The van der Waals surface area contributed by atoms with Crippen molar-refractivity contribution in [3.63, 3.8) is 0 Å². The Hall–Kier alpha value is -8.71. The van der Waals surface area contributed by atoms with E-state index in [1.807, 2.05) is 29.5 Å². The van der Waals surface area contributed by atoms with Crippen LogP contribution in [0, 0.1) is 0 Å². The largest absolute Gasteiger partial charge is 0.309 e. The van der Waals surface area contributed by atoms with E-state index in [-0.39, 0.29) is 5.92 Å². The number of aromatic nitrogens is 5. The summed E-state index contributed by atoms with van der Waals surface area (Å²) in [5, 5.41) is 7.36. The molecule has 1 aliphatic rings. The fraction of sp³-hybridized carbons (Fsp3) is 0.0317.